The highest BCUT2D eigenvalue weighted by molar-refractivity contribution is 14.1. The zero-order valence-corrected chi connectivity index (χ0v) is 12.6. The number of nitrogens with zero attached hydrogens (tertiary/aromatic N) is 1. The average Bonchev–Trinajstić information content (AvgIpc) is 2.30. The van der Waals surface area contributed by atoms with Crippen molar-refractivity contribution in [1.82, 2.24) is 4.90 Å². The number of nitrogens with two attached hydrogens (primary N) is 1. The Morgan fingerprint density at radius 1 is 1.53 bits per heavy atom. The second-order valence-corrected chi connectivity index (χ2v) is 6.29. The van der Waals surface area contributed by atoms with Crippen LogP contribution in [0.2, 0.25) is 0 Å². The maximum absolute atomic E-state index is 5.99. The molecular formula is C14H21IN2. The van der Waals surface area contributed by atoms with E-state index in [0.29, 0.717) is 12.6 Å². The van der Waals surface area contributed by atoms with Crippen LogP contribution >= 0.6 is 22.6 Å². The zero-order valence-electron chi connectivity index (χ0n) is 10.4. The molecule has 1 aromatic carbocycles. The Labute approximate surface area is 118 Å². The summed E-state index contributed by atoms with van der Waals surface area (Å²) in [5.74, 6) is 0.806. The van der Waals surface area contributed by atoms with Gasteiger partial charge in [0.2, 0.25) is 0 Å². The molecule has 1 heterocycles. The molecule has 3 heteroatoms. The Kier molecular flexibility index (Phi) is 4.82. The summed E-state index contributed by atoms with van der Waals surface area (Å²) in [6.07, 6.45) is 2.67. The van der Waals surface area contributed by atoms with Gasteiger partial charge >= 0.3 is 0 Å². The maximum Gasteiger partial charge on any atom is 0.0470 e. The van der Waals surface area contributed by atoms with Crippen LogP contribution in [0.15, 0.2) is 24.3 Å². The number of halogens is 1. The van der Waals surface area contributed by atoms with Gasteiger partial charge < -0.3 is 5.73 Å². The number of rotatable bonds is 3. The van der Waals surface area contributed by atoms with Crippen LogP contribution in [0.1, 0.15) is 31.4 Å². The van der Waals surface area contributed by atoms with Crippen molar-refractivity contribution in [2.45, 2.75) is 25.8 Å². The molecule has 0 aromatic heterocycles. The van der Waals surface area contributed by atoms with Gasteiger partial charge in [0.1, 0.15) is 0 Å². The highest BCUT2D eigenvalue weighted by atomic mass is 127. The summed E-state index contributed by atoms with van der Waals surface area (Å²) in [5, 5.41) is 0. The van der Waals surface area contributed by atoms with Crippen molar-refractivity contribution in [3.63, 3.8) is 0 Å². The van der Waals surface area contributed by atoms with Crippen LogP contribution in [-0.2, 0) is 0 Å². The lowest BCUT2D eigenvalue weighted by atomic mass is 9.96. The van der Waals surface area contributed by atoms with Gasteiger partial charge in [-0.2, -0.15) is 0 Å². The van der Waals surface area contributed by atoms with Crippen molar-refractivity contribution in [3.8, 4) is 0 Å². The van der Waals surface area contributed by atoms with Crippen molar-refractivity contribution < 1.29 is 0 Å². The van der Waals surface area contributed by atoms with E-state index in [9.17, 15) is 0 Å². The molecule has 0 radical (unpaired) electrons. The summed E-state index contributed by atoms with van der Waals surface area (Å²) in [7, 11) is 0. The first-order valence-corrected chi connectivity index (χ1v) is 7.48. The molecule has 2 rings (SSSR count). The van der Waals surface area contributed by atoms with Crippen LogP contribution in [0.25, 0.3) is 0 Å². The third-order valence-corrected chi connectivity index (χ3v) is 4.26. The topological polar surface area (TPSA) is 29.3 Å². The molecule has 2 nitrogen and oxygen atoms in total. The predicted octanol–water partition coefficient (Wildman–Crippen LogP) is 3.02. The molecule has 2 N–H and O–H groups in total. The lowest BCUT2D eigenvalue weighted by Gasteiger charge is -2.37. The normalized spacial score (nSPS) is 23.6. The van der Waals surface area contributed by atoms with E-state index in [1.807, 2.05) is 0 Å². The summed E-state index contributed by atoms with van der Waals surface area (Å²) in [6, 6.07) is 9.13. The number of benzene rings is 1. The van der Waals surface area contributed by atoms with Gasteiger partial charge in [0, 0.05) is 22.7 Å². The van der Waals surface area contributed by atoms with Crippen LogP contribution in [0.5, 0.6) is 0 Å². The van der Waals surface area contributed by atoms with Crippen molar-refractivity contribution in [2.75, 3.05) is 19.6 Å². The summed E-state index contributed by atoms with van der Waals surface area (Å²) in [4.78, 5) is 2.56. The van der Waals surface area contributed by atoms with E-state index in [1.54, 1.807) is 0 Å². The molecule has 1 aromatic rings. The van der Waals surface area contributed by atoms with Crippen LogP contribution in [-0.4, -0.2) is 24.5 Å². The third-order valence-electron chi connectivity index (χ3n) is 3.59. The second-order valence-electron chi connectivity index (χ2n) is 5.05. The van der Waals surface area contributed by atoms with Crippen molar-refractivity contribution in [1.29, 1.82) is 0 Å². The molecule has 0 amide bonds. The van der Waals surface area contributed by atoms with Gasteiger partial charge in [-0.25, -0.2) is 0 Å². The molecular weight excluding hydrogens is 323 g/mol. The van der Waals surface area contributed by atoms with Crippen LogP contribution < -0.4 is 5.73 Å². The minimum Gasteiger partial charge on any atom is -0.329 e. The lowest BCUT2D eigenvalue weighted by Crippen LogP contribution is -2.40. The minimum atomic E-state index is 0.396. The predicted molar refractivity (Wildman–Crippen MR) is 80.9 cm³/mol. The molecule has 2 atom stereocenters. The molecule has 17 heavy (non-hydrogen) atoms. The SMILES string of the molecule is CC1CCCN(C(CN)c2cccc(I)c2)C1. The number of piperidine rings is 1. The summed E-state index contributed by atoms with van der Waals surface area (Å²) < 4.78 is 1.30. The largest absolute Gasteiger partial charge is 0.329 e. The highest BCUT2D eigenvalue weighted by Crippen LogP contribution is 2.26. The first-order valence-electron chi connectivity index (χ1n) is 6.40. The van der Waals surface area contributed by atoms with Gasteiger partial charge in [-0.05, 0) is 65.6 Å². The van der Waals surface area contributed by atoms with Gasteiger partial charge in [-0.3, -0.25) is 4.90 Å². The van der Waals surface area contributed by atoms with Gasteiger partial charge in [0.25, 0.3) is 0 Å². The van der Waals surface area contributed by atoms with Crippen molar-refractivity contribution in [2.24, 2.45) is 11.7 Å². The monoisotopic (exact) mass is 344 g/mol. The third kappa shape index (κ3) is 3.42. The standard InChI is InChI=1S/C14H21IN2/c1-11-4-3-7-17(10-11)14(9-16)12-5-2-6-13(15)8-12/h2,5-6,8,11,14H,3-4,7,9-10,16H2,1H3. The van der Waals surface area contributed by atoms with E-state index in [0.717, 1.165) is 5.92 Å². The first-order chi connectivity index (χ1) is 8.20. The number of hydrogen-bond donors (Lipinski definition) is 1. The molecule has 1 saturated heterocycles. The van der Waals surface area contributed by atoms with E-state index in [4.69, 9.17) is 5.73 Å². The molecule has 2 unspecified atom stereocenters. The van der Waals surface area contributed by atoms with Crippen LogP contribution in [0.3, 0.4) is 0 Å². The molecule has 1 fully saturated rings. The van der Waals surface area contributed by atoms with E-state index in [1.165, 1.54) is 35.1 Å². The fourth-order valence-corrected chi connectivity index (χ4v) is 3.29. The molecule has 94 valence electrons. The summed E-state index contributed by atoms with van der Waals surface area (Å²) in [6.45, 7) is 5.44. The Morgan fingerprint density at radius 2 is 2.35 bits per heavy atom. The van der Waals surface area contributed by atoms with E-state index in [2.05, 4.69) is 58.7 Å². The molecule has 0 aliphatic carbocycles. The molecule has 0 bridgehead atoms. The summed E-state index contributed by atoms with van der Waals surface area (Å²) in [5.41, 5.74) is 7.36. The van der Waals surface area contributed by atoms with Crippen LogP contribution in [0, 0.1) is 9.49 Å². The maximum atomic E-state index is 5.99. The van der Waals surface area contributed by atoms with Crippen molar-refractivity contribution in [3.05, 3.63) is 33.4 Å². The average molecular weight is 344 g/mol. The second kappa shape index (κ2) is 6.16. The minimum absolute atomic E-state index is 0.396. The molecule has 1 aliphatic heterocycles. The van der Waals surface area contributed by atoms with Crippen LogP contribution in [0.4, 0.5) is 0 Å². The quantitative estimate of drug-likeness (QED) is 0.854. The van der Waals surface area contributed by atoms with E-state index >= 15 is 0 Å². The number of likely N-dealkylation sites (tertiary alicyclic amines) is 1. The zero-order chi connectivity index (χ0) is 12.3. The fraction of sp³-hybridized carbons (Fsp3) is 0.571. The van der Waals surface area contributed by atoms with Gasteiger partial charge in [-0.1, -0.05) is 19.1 Å². The lowest BCUT2D eigenvalue weighted by molar-refractivity contribution is 0.133. The van der Waals surface area contributed by atoms with E-state index in [-0.39, 0.29) is 0 Å². The number of hydrogen-bond acceptors (Lipinski definition) is 2. The Morgan fingerprint density at radius 3 is 3.00 bits per heavy atom. The first kappa shape index (κ1) is 13.3. The van der Waals surface area contributed by atoms with Crippen molar-refractivity contribution >= 4 is 22.6 Å². The Balaban J connectivity index is 2.15. The fourth-order valence-electron chi connectivity index (χ4n) is 2.72. The Bertz CT molecular complexity index is 367. The highest BCUT2D eigenvalue weighted by Gasteiger charge is 2.24. The molecule has 0 spiro atoms. The Hall–Kier alpha value is -0.130. The smallest absolute Gasteiger partial charge is 0.0470 e. The van der Waals surface area contributed by atoms with Gasteiger partial charge in [0.05, 0.1) is 0 Å². The molecule has 1 aliphatic rings. The van der Waals surface area contributed by atoms with E-state index < -0.39 is 0 Å². The summed E-state index contributed by atoms with van der Waals surface area (Å²) >= 11 is 2.37. The molecule has 0 saturated carbocycles. The van der Waals surface area contributed by atoms with Gasteiger partial charge in [-0.15, -0.1) is 0 Å². The van der Waals surface area contributed by atoms with Gasteiger partial charge in [0.15, 0.2) is 0 Å².